The molecule has 0 unspecified atom stereocenters. The lowest BCUT2D eigenvalue weighted by Gasteiger charge is -2.18. The molecular weight excluding hydrogens is 302 g/mol. The number of nitrogens with two attached hydrogens (primary N) is 1. The Balaban J connectivity index is 2.24. The van der Waals surface area contributed by atoms with Crippen molar-refractivity contribution < 1.29 is 15.0 Å². The van der Waals surface area contributed by atoms with Crippen LogP contribution in [-0.4, -0.2) is 28.8 Å². The summed E-state index contributed by atoms with van der Waals surface area (Å²) in [5, 5.41) is 18.8. The van der Waals surface area contributed by atoms with Crippen molar-refractivity contribution >= 4 is 5.91 Å². The van der Waals surface area contributed by atoms with E-state index < -0.39 is 0 Å². The molecule has 4 N–H and O–H groups in total. The van der Waals surface area contributed by atoms with Gasteiger partial charge in [-0.25, -0.2) is 0 Å². The summed E-state index contributed by atoms with van der Waals surface area (Å²) in [6.07, 6.45) is 20.5. The van der Waals surface area contributed by atoms with Crippen LogP contribution in [0.2, 0.25) is 0 Å². The predicted octanol–water partition coefficient (Wildman–Crippen LogP) is 3.25. The molecule has 3 atom stereocenters. The maximum atomic E-state index is 10.7. The molecule has 4 nitrogen and oxygen atoms in total. The average Bonchev–Trinajstić information content (AvgIpc) is 2.90. The molecule has 0 saturated heterocycles. The maximum Gasteiger partial charge on any atom is 0.217 e. The van der Waals surface area contributed by atoms with Crippen LogP contribution in [-0.2, 0) is 4.79 Å². The van der Waals surface area contributed by atoms with E-state index in [1.54, 1.807) is 0 Å². The molecule has 0 aliphatic heterocycles. The highest BCUT2D eigenvalue weighted by atomic mass is 16.3. The molecule has 1 aliphatic carbocycles. The number of allylic oxidation sites excluding steroid dienone is 5. The van der Waals surface area contributed by atoms with Gasteiger partial charge in [0.25, 0.3) is 0 Å². The van der Waals surface area contributed by atoms with Crippen LogP contribution in [0, 0.1) is 11.8 Å². The number of carbonyl (C=O) groups is 1. The van der Waals surface area contributed by atoms with E-state index in [1.807, 2.05) is 6.08 Å². The number of hydrogen-bond donors (Lipinski definition) is 3. The Bertz CT molecular complexity index is 429. The van der Waals surface area contributed by atoms with Crippen LogP contribution < -0.4 is 5.73 Å². The summed E-state index contributed by atoms with van der Waals surface area (Å²) in [7, 11) is 0. The molecule has 1 amide bonds. The first-order chi connectivity index (χ1) is 11.6. The van der Waals surface area contributed by atoms with E-state index in [0.29, 0.717) is 18.9 Å². The largest absolute Gasteiger partial charge is 0.396 e. The third-order valence-corrected chi connectivity index (χ3v) is 4.47. The van der Waals surface area contributed by atoms with Gasteiger partial charge < -0.3 is 15.9 Å². The SMILES string of the molecule is NC(=O)CCCC=CC[C@@H]1[C@@H](C=CCCCCCCO)C=C[C@@H]1O. The summed E-state index contributed by atoms with van der Waals surface area (Å²) in [6, 6.07) is 0. The molecule has 0 aromatic rings. The van der Waals surface area contributed by atoms with Gasteiger partial charge in [0.1, 0.15) is 0 Å². The molecule has 4 heteroatoms. The third kappa shape index (κ3) is 9.04. The molecule has 136 valence electrons. The Morgan fingerprint density at radius 3 is 2.50 bits per heavy atom. The number of hydrogen-bond acceptors (Lipinski definition) is 3. The molecule has 24 heavy (non-hydrogen) atoms. The Labute approximate surface area is 146 Å². The smallest absolute Gasteiger partial charge is 0.217 e. The third-order valence-electron chi connectivity index (χ3n) is 4.47. The minimum absolute atomic E-state index is 0.211. The van der Waals surface area contributed by atoms with E-state index >= 15 is 0 Å². The van der Waals surface area contributed by atoms with Crippen molar-refractivity contribution in [2.45, 2.75) is 63.9 Å². The number of aliphatic hydroxyl groups excluding tert-OH is 2. The van der Waals surface area contributed by atoms with Gasteiger partial charge in [0, 0.05) is 24.9 Å². The molecule has 0 spiro atoms. The number of aliphatic hydroxyl groups is 2. The lowest BCUT2D eigenvalue weighted by Crippen LogP contribution is -2.18. The molecule has 0 saturated carbocycles. The van der Waals surface area contributed by atoms with Gasteiger partial charge in [0.2, 0.25) is 5.91 Å². The van der Waals surface area contributed by atoms with Crippen LogP contribution in [0.15, 0.2) is 36.5 Å². The van der Waals surface area contributed by atoms with E-state index in [9.17, 15) is 9.90 Å². The summed E-state index contributed by atoms with van der Waals surface area (Å²) in [6.45, 7) is 0.290. The molecule has 1 aliphatic rings. The fourth-order valence-corrected chi connectivity index (χ4v) is 3.00. The fraction of sp³-hybridized carbons (Fsp3) is 0.650. The molecular formula is C20H33NO3. The number of primary amides is 1. The Morgan fingerprint density at radius 2 is 1.75 bits per heavy atom. The van der Waals surface area contributed by atoms with Crippen LogP contribution >= 0.6 is 0 Å². The van der Waals surface area contributed by atoms with Crippen LogP contribution in [0.3, 0.4) is 0 Å². The monoisotopic (exact) mass is 335 g/mol. The minimum atomic E-state index is -0.375. The van der Waals surface area contributed by atoms with Crippen LogP contribution in [0.5, 0.6) is 0 Å². The average molecular weight is 335 g/mol. The summed E-state index contributed by atoms with van der Waals surface area (Å²) in [4.78, 5) is 10.7. The van der Waals surface area contributed by atoms with E-state index in [-0.39, 0.29) is 17.9 Å². The lowest BCUT2D eigenvalue weighted by molar-refractivity contribution is -0.118. The highest BCUT2D eigenvalue weighted by molar-refractivity contribution is 5.73. The van der Waals surface area contributed by atoms with E-state index in [1.165, 1.54) is 0 Å². The molecule has 0 bridgehead atoms. The van der Waals surface area contributed by atoms with Crippen molar-refractivity contribution in [1.82, 2.24) is 0 Å². The topological polar surface area (TPSA) is 83.6 Å². The molecule has 0 heterocycles. The summed E-state index contributed by atoms with van der Waals surface area (Å²) < 4.78 is 0. The first kappa shape index (κ1) is 20.7. The van der Waals surface area contributed by atoms with Crippen molar-refractivity contribution in [2.75, 3.05) is 6.61 Å². The van der Waals surface area contributed by atoms with Crippen molar-refractivity contribution in [3.05, 3.63) is 36.5 Å². The Kier molecular flexibility index (Phi) is 11.2. The molecule has 0 fully saturated rings. The first-order valence-electron chi connectivity index (χ1n) is 9.22. The summed E-state index contributed by atoms with van der Waals surface area (Å²) in [5.74, 6) is 0.260. The van der Waals surface area contributed by atoms with Gasteiger partial charge in [-0.3, -0.25) is 4.79 Å². The zero-order chi connectivity index (χ0) is 17.6. The number of rotatable bonds is 13. The zero-order valence-corrected chi connectivity index (χ0v) is 14.6. The van der Waals surface area contributed by atoms with Crippen LogP contribution in [0.25, 0.3) is 0 Å². The lowest BCUT2D eigenvalue weighted by atomic mass is 9.90. The van der Waals surface area contributed by atoms with Gasteiger partial charge in [-0.1, -0.05) is 49.3 Å². The first-order valence-corrected chi connectivity index (χ1v) is 9.22. The Morgan fingerprint density at radius 1 is 1.00 bits per heavy atom. The van der Waals surface area contributed by atoms with E-state index in [2.05, 4.69) is 30.4 Å². The predicted molar refractivity (Wildman–Crippen MR) is 98.2 cm³/mol. The zero-order valence-electron chi connectivity index (χ0n) is 14.6. The van der Waals surface area contributed by atoms with Gasteiger partial charge in [0.05, 0.1) is 6.10 Å². The van der Waals surface area contributed by atoms with Crippen molar-refractivity contribution in [2.24, 2.45) is 17.6 Å². The van der Waals surface area contributed by atoms with E-state index in [4.69, 9.17) is 10.8 Å². The quantitative estimate of drug-likeness (QED) is 0.357. The fourth-order valence-electron chi connectivity index (χ4n) is 3.00. The highest BCUT2D eigenvalue weighted by Gasteiger charge is 2.27. The van der Waals surface area contributed by atoms with Gasteiger partial charge in [-0.05, 0) is 38.5 Å². The molecule has 0 radical (unpaired) electrons. The summed E-state index contributed by atoms with van der Waals surface area (Å²) in [5.41, 5.74) is 5.11. The minimum Gasteiger partial charge on any atom is -0.396 e. The van der Waals surface area contributed by atoms with Gasteiger partial charge >= 0.3 is 0 Å². The molecule has 1 rings (SSSR count). The van der Waals surface area contributed by atoms with Crippen LogP contribution in [0.1, 0.15) is 57.8 Å². The van der Waals surface area contributed by atoms with E-state index in [0.717, 1.165) is 51.4 Å². The van der Waals surface area contributed by atoms with Crippen molar-refractivity contribution in [3.8, 4) is 0 Å². The van der Waals surface area contributed by atoms with Gasteiger partial charge in [-0.15, -0.1) is 0 Å². The number of carbonyl (C=O) groups excluding carboxylic acids is 1. The Hall–Kier alpha value is -1.39. The highest BCUT2D eigenvalue weighted by Crippen LogP contribution is 2.30. The number of unbranched alkanes of at least 4 members (excludes halogenated alkanes) is 5. The molecule has 0 aromatic heterocycles. The second-order valence-corrected chi connectivity index (χ2v) is 6.54. The van der Waals surface area contributed by atoms with Crippen molar-refractivity contribution in [3.63, 3.8) is 0 Å². The molecule has 0 aromatic carbocycles. The van der Waals surface area contributed by atoms with Gasteiger partial charge in [0.15, 0.2) is 0 Å². The van der Waals surface area contributed by atoms with Crippen LogP contribution in [0.4, 0.5) is 0 Å². The maximum absolute atomic E-state index is 10.7. The summed E-state index contributed by atoms with van der Waals surface area (Å²) >= 11 is 0. The van der Waals surface area contributed by atoms with Crippen molar-refractivity contribution in [1.29, 1.82) is 0 Å². The number of amides is 1. The second-order valence-electron chi connectivity index (χ2n) is 6.54. The van der Waals surface area contributed by atoms with Gasteiger partial charge in [-0.2, -0.15) is 0 Å². The second kappa shape index (κ2) is 13.0. The standard InChI is InChI=1S/C20H33NO3/c21-20(24)13-9-5-4-8-12-18-17(14-15-19(18)23)11-7-3-1-2-6-10-16-22/h4,7-8,11,14-15,17-19,22-23H,1-3,5-6,9-10,12-13,16H2,(H2,21,24)/t17-,18+,19-/m0/s1. The normalized spacial score (nSPS) is 23.7.